The highest BCUT2D eigenvalue weighted by atomic mass is 79.9. The van der Waals surface area contributed by atoms with Crippen LogP contribution in [0.3, 0.4) is 0 Å². The molecule has 0 atom stereocenters. The second-order valence-corrected chi connectivity index (χ2v) is 4.78. The van der Waals surface area contributed by atoms with Gasteiger partial charge in [0.05, 0.1) is 9.99 Å². The Morgan fingerprint density at radius 3 is 2.56 bits per heavy atom. The largest absolute Gasteiger partial charge is 0.507 e. The average molecular weight is 347 g/mol. The molecule has 0 unspecified atom stereocenters. The van der Waals surface area contributed by atoms with Crippen molar-refractivity contribution in [3.05, 3.63) is 47.7 Å². The summed E-state index contributed by atoms with van der Waals surface area (Å²) < 4.78 is 1.29. The summed E-state index contributed by atoms with van der Waals surface area (Å²) in [5, 5.41) is 10.1. The van der Waals surface area contributed by atoms with E-state index < -0.39 is 11.0 Å². The minimum absolute atomic E-state index is 0.230. The number of aromatic nitrogens is 1. The first-order chi connectivity index (χ1) is 7.50. The fourth-order valence-corrected chi connectivity index (χ4v) is 2.10. The van der Waals surface area contributed by atoms with Crippen LogP contribution in [0.1, 0.15) is 0 Å². The molecule has 0 saturated heterocycles. The summed E-state index contributed by atoms with van der Waals surface area (Å²) in [5.41, 5.74) is -1.18. The van der Waals surface area contributed by atoms with Crippen LogP contribution in [0.5, 0.6) is 5.75 Å². The van der Waals surface area contributed by atoms with Crippen LogP contribution in [0.4, 0.5) is 0 Å². The molecule has 0 spiro atoms. The van der Waals surface area contributed by atoms with Gasteiger partial charge < -0.3 is 10.1 Å². The van der Waals surface area contributed by atoms with Crippen LogP contribution >= 0.6 is 31.9 Å². The van der Waals surface area contributed by atoms with Crippen molar-refractivity contribution in [2.75, 3.05) is 0 Å². The van der Waals surface area contributed by atoms with Gasteiger partial charge in [-0.2, -0.15) is 0 Å². The van der Waals surface area contributed by atoms with Gasteiger partial charge in [0.25, 0.3) is 5.56 Å². The third-order valence-electron chi connectivity index (χ3n) is 2.10. The Kier molecular flexibility index (Phi) is 2.86. The monoisotopic (exact) mass is 345 g/mol. The molecule has 0 aliphatic carbocycles. The second kappa shape index (κ2) is 4.03. The SMILES string of the molecule is O=c1cc(O)c2ccc(Br)c(Br)c2[nH]c1=O. The van der Waals surface area contributed by atoms with Gasteiger partial charge in [-0.3, -0.25) is 9.59 Å². The third kappa shape index (κ3) is 1.78. The molecule has 0 fully saturated rings. The maximum Gasteiger partial charge on any atom is 0.296 e. The van der Waals surface area contributed by atoms with E-state index in [1.54, 1.807) is 12.1 Å². The lowest BCUT2D eigenvalue weighted by atomic mass is 10.2. The molecule has 0 bridgehead atoms. The molecule has 1 heterocycles. The van der Waals surface area contributed by atoms with Crippen molar-refractivity contribution in [1.82, 2.24) is 4.98 Å². The molecule has 1 aromatic carbocycles. The number of aromatic hydroxyl groups is 1. The van der Waals surface area contributed by atoms with E-state index in [1.165, 1.54) is 0 Å². The molecule has 82 valence electrons. The molecule has 6 heteroatoms. The molecule has 16 heavy (non-hydrogen) atoms. The number of halogens is 2. The molecule has 2 rings (SSSR count). The van der Waals surface area contributed by atoms with E-state index in [0.29, 0.717) is 19.8 Å². The molecule has 2 aromatic rings. The number of fused-ring (bicyclic) bond motifs is 1. The molecule has 0 radical (unpaired) electrons. The van der Waals surface area contributed by atoms with Crippen molar-refractivity contribution < 1.29 is 5.11 Å². The second-order valence-electron chi connectivity index (χ2n) is 3.13. The van der Waals surface area contributed by atoms with E-state index in [1.807, 2.05) is 0 Å². The van der Waals surface area contributed by atoms with E-state index in [2.05, 4.69) is 36.8 Å². The molecule has 0 aliphatic heterocycles. The number of H-pyrrole nitrogens is 1. The van der Waals surface area contributed by atoms with Crippen LogP contribution in [0, 0.1) is 0 Å². The van der Waals surface area contributed by atoms with Crippen LogP contribution in [0.25, 0.3) is 10.9 Å². The van der Waals surface area contributed by atoms with Gasteiger partial charge in [0.1, 0.15) is 5.75 Å². The summed E-state index contributed by atoms with van der Waals surface area (Å²) in [6.45, 7) is 0. The zero-order valence-corrected chi connectivity index (χ0v) is 10.9. The first kappa shape index (κ1) is 11.3. The van der Waals surface area contributed by atoms with Gasteiger partial charge in [0.2, 0.25) is 5.43 Å². The zero-order valence-electron chi connectivity index (χ0n) is 7.75. The van der Waals surface area contributed by atoms with E-state index in [-0.39, 0.29) is 5.75 Å². The third-order valence-corrected chi connectivity index (χ3v) is 4.12. The smallest absolute Gasteiger partial charge is 0.296 e. The minimum Gasteiger partial charge on any atom is -0.507 e. The van der Waals surface area contributed by atoms with Crippen LogP contribution in [-0.2, 0) is 0 Å². The Balaban J connectivity index is 3.17. The van der Waals surface area contributed by atoms with Crippen molar-refractivity contribution in [2.24, 2.45) is 0 Å². The summed E-state index contributed by atoms with van der Waals surface area (Å²) in [7, 11) is 0. The lowest BCUT2D eigenvalue weighted by Gasteiger charge is -2.00. The highest BCUT2D eigenvalue weighted by molar-refractivity contribution is 9.13. The van der Waals surface area contributed by atoms with Gasteiger partial charge in [0.15, 0.2) is 0 Å². The van der Waals surface area contributed by atoms with Crippen molar-refractivity contribution in [2.45, 2.75) is 0 Å². The minimum atomic E-state index is -0.781. The standard InChI is InChI=1S/C10H5Br2NO3/c11-5-2-1-4-6(14)3-7(15)10(16)13-9(4)8(5)12/h1-3,14H,(H,13,15,16). The number of aromatic amines is 1. The number of hydrogen-bond donors (Lipinski definition) is 2. The predicted octanol–water partition coefficient (Wildman–Crippen LogP) is 2.12. The Hall–Kier alpha value is -1.14. The summed E-state index contributed by atoms with van der Waals surface area (Å²) >= 11 is 6.53. The topological polar surface area (TPSA) is 70.2 Å². The number of nitrogens with one attached hydrogen (secondary N) is 1. The lowest BCUT2D eigenvalue weighted by molar-refractivity contribution is 0.481. The quantitative estimate of drug-likeness (QED) is 0.718. The van der Waals surface area contributed by atoms with Gasteiger partial charge in [-0.1, -0.05) is 0 Å². The van der Waals surface area contributed by atoms with Crippen molar-refractivity contribution in [3.8, 4) is 5.75 Å². The maximum atomic E-state index is 11.3. The van der Waals surface area contributed by atoms with Crippen molar-refractivity contribution >= 4 is 42.8 Å². The lowest BCUT2D eigenvalue weighted by Crippen LogP contribution is -2.22. The van der Waals surface area contributed by atoms with Crippen LogP contribution in [0.2, 0.25) is 0 Å². The van der Waals surface area contributed by atoms with Crippen LogP contribution < -0.4 is 11.0 Å². The van der Waals surface area contributed by atoms with Gasteiger partial charge in [-0.05, 0) is 44.0 Å². The summed E-state index contributed by atoms with van der Waals surface area (Å²) in [6, 6.07) is 4.21. The first-order valence-corrected chi connectivity index (χ1v) is 5.83. The van der Waals surface area contributed by atoms with E-state index in [9.17, 15) is 14.7 Å². The maximum absolute atomic E-state index is 11.3. The van der Waals surface area contributed by atoms with E-state index in [0.717, 1.165) is 6.07 Å². The normalized spacial score (nSPS) is 10.6. The van der Waals surface area contributed by atoms with E-state index >= 15 is 0 Å². The van der Waals surface area contributed by atoms with E-state index in [4.69, 9.17) is 0 Å². The Morgan fingerprint density at radius 1 is 1.19 bits per heavy atom. The zero-order chi connectivity index (χ0) is 11.9. The molecule has 2 N–H and O–H groups in total. The van der Waals surface area contributed by atoms with Gasteiger partial charge in [-0.15, -0.1) is 0 Å². The summed E-state index contributed by atoms with van der Waals surface area (Å²) in [5.74, 6) is -0.230. The predicted molar refractivity (Wildman–Crippen MR) is 67.9 cm³/mol. The Morgan fingerprint density at radius 2 is 1.88 bits per heavy atom. The fourth-order valence-electron chi connectivity index (χ4n) is 1.33. The summed E-state index contributed by atoms with van der Waals surface area (Å²) in [4.78, 5) is 25.0. The van der Waals surface area contributed by atoms with Gasteiger partial charge in [-0.25, -0.2) is 0 Å². The Labute approximate surface area is 106 Å². The number of benzene rings is 1. The molecule has 0 aliphatic rings. The van der Waals surface area contributed by atoms with Crippen LogP contribution in [0.15, 0.2) is 36.7 Å². The fraction of sp³-hybridized carbons (Fsp3) is 0. The molecular formula is C10H5Br2NO3. The molecule has 0 amide bonds. The average Bonchev–Trinajstić information content (AvgIpc) is 2.33. The number of hydrogen-bond acceptors (Lipinski definition) is 3. The highest BCUT2D eigenvalue weighted by Crippen LogP contribution is 2.32. The Bertz CT molecular complexity index is 694. The van der Waals surface area contributed by atoms with Crippen molar-refractivity contribution in [1.29, 1.82) is 0 Å². The molecule has 1 aromatic heterocycles. The number of rotatable bonds is 0. The first-order valence-electron chi connectivity index (χ1n) is 4.25. The van der Waals surface area contributed by atoms with Crippen molar-refractivity contribution in [3.63, 3.8) is 0 Å². The van der Waals surface area contributed by atoms with Gasteiger partial charge >= 0.3 is 0 Å². The van der Waals surface area contributed by atoms with Crippen LogP contribution in [-0.4, -0.2) is 10.1 Å². The molecule has 4 nitrogen and oxygen atoms in total. The summed E-state index contributed by atoms with van der Waals surface area (Å²) in [6.07, 6.45) is 0. The molecule has 0 saturated carbocycles. The highest BCUT2D eigenvalue weighted by Gasteiger charge is 2.07. The van der Waals surface area contributed by atoms with Gasteiger partial charge in [0, 0.05) is 15.9 Å². The molecular weight excluding hydrogens is 342 g/mol.